The highest BCUT2D eigenvalue weighted by molar-refractivity contribution is 5.85. The van der Waals surface area contributed by atoms with E-state index in [9.17, 15) is 10.4 Å². The van der Waals surface area contributed by atoms with Crippen molar-refractivity contribution >= 4 is 10.9 Å². The Bertz CT molecular complexity index is 1020. The molecular formula is C23H23N3O. The number of rotatable bonds is 3. The number of nitrogens with one attached hydrogen (secondary N) is 1. The van der Waals surface area contributed by atoms with Crippen LogP contribution in [-0.4, -0.2) is 22.7 Å². The van der Waals surface area contributed by atoms with Crippen molar-refractivity contribution in [3.05, 3.63) is 65.2 Å². The number of para-hydroxylation sites is 1. The van der Waals surface area contributed by atoms with Crippen molar-refractivity contribution < 1.29 is 5.11 Å². The van der Waals surface area contributed by atoms with E-state index in [1.807, 2.05) is 55.5 Å². The fourth-order valence-corrected chi connectivity index (χ4v) is 3.86. The molecule has 2 atom stereocenters. The molecule has 4 nitrogen and oxygen atoms in total. The van der Waals surface area contributed by atoms with Gasteiger partial charge in [-0.3, -0.25) is 0 Å². The molecule has 3 aromatic rings. The molecule has 1 unspecified atom stereocenters. The Kier molecular flexibility index (Phi) is 4.89. The molecule has 2 heterocycles. The summed E-state index contributed by atoms with van der Waals surface area (Å²) in [5.74, 6) is 0. The van der Waals surface area contributed by atoms with E-state index in [-0.39, 0.29) is 6.04 Å². The van der Waals surface area contributed by atoms with Crippen molar-refractivity contribution in [2.24, 2.45) is 0 Å². The average Bonchev–Trinajstić information content (AvgIpc) is 2.73. The number of nitrogens with zero attached hydrogens (tertiary/aromatic N) is 2. The molecule has 136 valence electrons. The first-order valence-corrected chi connectivity index (χ1v) is 9.49. The molecule has 0 saturated carbocycles. The number of hydrogen-bond donors (Lipinski definition) is 2. The maximum Gasteiger partial charge on any atom is 0.0994 e. The smallest absolute Gasteiger partial charge is 0.0994 e. The van der Waals surface area contributed by atoms with Crippen molar-refractivity contribution in [3.63, 3.8) is 0 Å². The van der Waals surface area contributed by atoms with Gasteiger partial charge in [-0.15, -0.1) is 0 Å². The number of hydrogen-bond acceptors (Lipinski definition) is 4. The highest BCUT2D eigenvalue weighted by atomic mass is 16.3. The van der Waals surface area contributed by atoms with Gasteiger partial charge in [-0.25, -0.2) is 4.98 Å². The van der Waals surface area contributed by atoms with Gasteiger partial charge in [0.15, 0.2) is 0 Å². The van der Waals surface area contributed by atoms with Crippen LogP contribution in [0.5, 0.6) is 0 Å². The van der Waals surface area contributed by atoms with Crippen molar-refractivity contribution in [2.45, 2.75) is 38.3 Å². The second kappa shape index (κ2) is 7.48. The molecule has 0 amide bonds. The number of nitriles is 1. The summed E-state index contributed by atoms with van der Waals surface area (Å²) in [4.78, 5) is 4.80. The van der Waals surface area contributed by atoms with Crippen LogP contribution in [-0.2, 0) is 0 Å². The fourth-order valence-electron chi connectivity index (χ4n) is 3.86. The van der Waals surface area contributed by atoms with E-state index in [1.54, 1.807) is 0 Å². The Morgan fingerprint density at radius 3 is 2.81 bits per heavy atom. The van der Waals surface area contributed by atoms with Crippen molar-refractivity contribution in [1.29, 1.82) is 5.26 Å². The molecule has 0 bridgehead atoms. The van der Waals surface area contributed by atoms with Crippen LogP contribution >= 0.6 is 0 Å². The van der Waals surface area contributed by atoms with E-state index in [2.05, 4.69) is 11.4 Å². The first-order chi connectivity index (χ1) is 13.2. The minimum Gasteiger partial charge on any atom is -0.387 e. The van der Waals surface area contributed by atoms with Crippen LogP contribution in [0.2, 0.25) is 0 Å². The van der Waals surface area contributed by atoms with Gasteiger partial charge in [0.2, 0.25) is 0 Å². The number of benzene rings is 2. The lowest BCUT2D eigenvalue weighted by Gasteiger charge is -2.29. The molecule has 1 saturated heterocycles. The van der Waals surface area contributed by atoms with Gasteiger partial charge in [0.05, 0.1) is 28.9 Å². The largest absolute Gasteiger partial charge is 0.387 e. The topological polar surface area (TPSA) is 68.9 Å². The molecule has 4 rings (SSSR count). The summed E-state index contributed by atoms with van der Waals surface area (Å²) in [6.07, 6.45) is 2.67. The molecule has 1 fully saturated rings. The van der Waals surface area contributed by atoms with Crippen molar-refractivity contribution in [3.8, 4) is 17.3 Å². The molecule has 27 heavy (non-hydrogen) atoms. The summed E-state index contributed by atoms with van der Waals surface area (Å²) in [5, 5.41) is 24.9. The SMILES string of the molecule is Cc1ccc(-c2cc(C(O)[C@@H]3CCCCN3)c3ccccc3n2)cc1C#N. The van der Waals surface area contributed by atoms with Crippen molar-refractivity contribution in [2.75, 3.05) is 6.54 Å². The summed E-state index contributed by atoms with van der Waals surface area (Å²) >= 11 is 0. The van der Waals surface area contributed by atoms with E-state index < -0.39 is 6.10 Å². The normalized spacial score (nSPS) is 18.2. The van der Waals surface area contributed by atoms with Gasteiger partial charge in [-0.1, -0.05) is 36.8 Å². The highest BCUT2D eigenvalue weighted by Crippen LogP contribution is 2.32. The summed E-state index contributed by atoms with van der Waals surface area (Å²) in [6.45, 7) is 2.88. The molecule has 1 aliphatic rings. The lowest BCUT2D eigenvalue weighted by atomic mass is 9.91. The molecule has 1 aromatic heterocycles. The third-order valence-electron chi connectivity index (χ3n) is 5.45. The first kappa shape index (κ1) is 17.7. The highest BCUT2D eigenvalue weighted by Gasteiger charge is 2.25. The van der Waals surface area contributed by atoms with Crippen LogP contribution < -0.4 is 5.32 Å². The van der Waals surface area contributed by atoms with Gasteiger partial charge < -0.3 is 10.4 Å². The van der Waals surface area contributed by atoms with Crippen LogP contribution in [0, 0.1) is 18.3 Å². The van der Waals surface area contributed by atoms with Gasteiger partial charge in [-0.2, -0.15) is 5.26 Å². The summed E-state index contributed by atoms with van der Waals surface area (Å²) in [6, 6.07) is 18.0. The predicted octanol–water partition coefficient (Wildman–Crippen LogP) is 4.26. The molecule has 1 aliphatic heterocycles. The Labute approximate surface area is 159 Å². The van der Waals surface area contributed by atoms with Gasteiger partial charge in [0, 0.05) is 17.0 Å². The molecular weight excluding hydrogens is 334 g/mol. The quantitative estimate of drug-likeness (QED) is 0.735. The van der Waals surface area contributed by atoms with E-state index in [0.717, 1.165) is 59.1 Å². The number of aliphatic hydroxyl groups is 1. The van der Waals surface area contributed by atoms with Gasteiger partial charge in [0.1, 0.15) is 0 Å². The average molecular weight is 357 g/mol. The van der Waals surface area contributed by atoms with E-state index in [1.165, 1.54) is 0 Å². The van der Waals surface area contributed by atoms with Crippen LogP contribution in [0.3, 0.4) is 0 Å². The molecule has 2 aromatic carbocycles. The Hall–Kier alpha value is -2.74. The Morgan fingerprint density at radius 1 is 1.19 bits per heavy atom. The Morgan fingerprint density at radius 2 is 2.04 bits per heavy atom. The number of pyridine rings is 1. The summed E-state index contributed by atoms with van der Waals surface area (Å²) in [5.41, 5.74) is 5.04. The third-order valence-corrected chi connectivity index (χ3v) is 5.45. The molecule has 0 spiro atoms. The molecule has 2 N–H and O–H groups in total. The maximum absolute atomic E-state index is 11.1. The van der Waals surface area contributed by atoms with Crippen LogP contribution in [0.4, 0.5) is 0 Å². The lowest BCUT2D eigenvalue weighted by molar-refractivity contribution is 0.115. The minimum atomic E-state index is -0.585. The maximum atomic E-state index is 11.1. The van der Waals surface area contributed by atoms with Crippen LogP contribution in [0.25, 0.3) is 22.2 Å². The van der Waals surface area contributed by atoms with E-state index in [4.69, 9.17) is 4.98 Å². The number of aliphatic hydroxyl groups excluding tert-OH is 1. The third kappa shape index (κ3) is 3.44. The van der Waals surface area contributed by atoms with E-state index in [0.29, 0.717) is 5.56 Å². The zero-order chi connectivity index (χ0) is 18.8. The molecule has 0 aliphatic carbocycles. The standard InChI is InChI=1S/C23H23N3O/c1-15-9-10-16(12-17(15)14-24)22-13-19(18-6-2-3-7-20(18)26-22)23(27)21-8-4-5-11-25-21/h2-3,6-7,9-10,12-13,21,23,25,27H,4-5,8,11H2,1H3/t21-,23?/m0/s1. The number of aryl methyl sites for hydroxylation is 1. The van der Waals surface area contributed by atoms with Gasteiger partial charge in [0.25, 0.3) is 0 Å². The van der Waals surface area contributed by atoms with Crippen molar-refractivity contribution in [1.82, 2.24) is 10.3 Å². The van der Waals surface area contributed by atoms with Crippen LogP contribution in [0.15, 0.2) is 48.5 Å². The predicted molar refractivity (Wildman–Crippen MR) is 107 cm³/mol. The first-order valence-electron chi connectivity index (χ1n) is 9.49. The monoisotopic (exact) mass is 357 g/mol. The van der Waals surface area contributed by atoms with E-state index >= 15 is 0 Å². The molecule has 0 radical (unpaired) electrons. The zero-order valence-electron chi connectivity index (χ0n) is 15.4. The van der Waals surface area contributed by atoms with Gasteiger partial charge >= 0.3 is 0 Å². The zero-order valence-corrected chi connectivity index (χ0v) is 15.4. The number of fused-ring (bicyclic) bond motifs is 1. The summed E-state index contributed by atoms with van der Waals surface area (Å²) < 4.78 is 0. The second-order valence-electron chi connectivity index (χ2n) is 7.26. The molecule has 4 heteroatoms. The van der Waals surface area contributed by atoms with Gasteiger partial charge in [-0.05, 0) is 55.6 Å². The summed E-state index contributed by atoms with van der Waals surface area (Å²) in [7, 11) is 0. The Balaban J connectivity index is 1.84. The number of aromatic nitrogens is 1. The minimum absolute atomic E-state index is 0.0603. The van der Waals surface area contributed by atoms with Crippen LogP contribution in [0.1, 0.15) is 42.1 Å². The number of piperidine rings is 1. The second-order valence-corrected chi connectivity index (χ2v) is 7.26. The lowest BCUT2D eigenvalue weighted by Crippen LogP contribution is -2.38. The fraction of sp³-hybridized carbons (Fsp3) is 0.304.